The molecular formula is C20H33I3N6O9. The number of hydrogen-bond acceptors (Lipinski definition) is 10. The number of amides is 3. The Morgan fingerprint density at radius 1 is 0.842 bits per heavy atom. The third-order valence-electron chi connectivity index (χ3n) is 5.86. The van der Waals surface area contributed by atoms with Gasteiger partial charge in [-0.15, -0.1) is 0 Å². The Morgan fingerprint density at radius 3 is 1.68 bits per heavy atom. The van der Waals surface area contributed by atoms with E-state index in [0.717, 1.165) is 0 Å². The molecule has 1 rings (SSSR count). The van der Waals surface area contributed by atoms with Gasteiger partial charge in [0.15, 0.2) is 0 Å². The zero-order chi connectivity index (χ0) is 29.0. The highest BCUT2D eigenvalue weighted by molar-refractivity contribution is 14.1. The van der Waals surface area contributed by atoms with Crippen molar-refractivity contribution in [3.8, 4) is 0 Å². The molecule has 0 bridgehead atoms. The van der Waals surface area contributed by atoms with Crippen molar-refractivity contribution in [2.24, 2.45) is 17.0 Å². The van der Waals surface area contributed by atoms with Crippen molar-refractivity contribution in [3.05, 3.63) is 10.4 Å². The van der Waals surface area contributed by atoms with Gasteiger partial charge in [-0.1, -0.05) is 72.9 Å². The van der Waals surface area contributed by atoms with Crippen molar-refractivity contribution in [1.29, 1.82) is 0 Å². The van der Waals surface area contributed by atoms with Gasteiger partial charge in [-0.05, 0) is 5.53 Å². The Bertz CT molecular complexity index is 800. The summed E-state index contributed by atoms with van der Waals surface area (Å²) in [6, 6.07) is -0.806. The van der Waals surface area contributed by atoms with E-state index >= 15 is 0 Å². The second kappa shape index (κ2) is 18.2. The summed E-state index contributed by atoms with van der Waals surface area (Å²) >= 11 is 6.00. The standard InChI is InChI=1S/C20H33I3N6O9/c21-15-13(19(37)25-3-9(33)6-30)16(22)18(17(23)14(15)20(38)26-4-10(34)7-31)29(5-11(35)8-32)12(36)1-2-27-28-24/h9-11,13-18,30-35H,1-8H2,(H,25,37)(H,26,38). The number of carbonyl (C=O) groups excluding carboxylic acids is 3. The van der Waals surface area contributed by atoms with E-state index < -0.39 is 85.5 Å². The van der Waals surface area contributed by atoms with E-state index in [-0.39, 0.29) is 32.6 Å². The third kappa shape index (κ3) is 10.3. The number of nitrogens with one attached hydrogen (secondary N) is 2. The Balaban J connectivity index is 3.47. The van der Waals surface area contributed by atoms with Gasteiger partial charge in [-0.25, -0.2) is 0 Å². The van der Waals surface area contributed by atoms with E-state index in [9.17, 15) is 34.8 Å². The number of aliphatic hydroxyl groups is 6. The second-order valence-electron chi connectivity index (χ2n) is 8.63. The van der Waals surface area contributed by atoms with Crippen LogP contribution in [0.15, 0.2) is 5.11 Å². The average molecular weight is 882 g/mol. The largest absolute Gasteiger partial charge is 0.394 e. The lowest BCUT2D eigenvalue weighted by atomic mass is 9.76. The van der Waals surface area contributed by atoms with Gasteiger partial charge in [0.2, 0.25) is 17.7 Å². The zero-order valence-corrected chi connectivity index (χ0v) is 26.7. The molecule has 0 aromatic rings. The van der Waals surface area contributed by atoms with Crippen LogP contribution in [0, 0.1) is 11.8 Å². The van der Waals surface area contributed by atoms with Crippen LogP contribution in [0.5, 0.6) is 0 Å². The quantitative estimate of drug-likeness (QED) is 0.0293. The van der Waals surface area contributed by atoms with Crippen molar-refractivity contribution in [2.45, 2.75) is 42.5 Å². The van der Waals surface area contributed by atoms with Crippen molar-refractivity contribution in [1.82, 2.24) is 15.5 Å². The minimum absolute atomic E-state index is 0.160. The van der Waals surface area contributed by atoms with E-state index in [1.807, 2.05) is 67.8 Å². The molecule has 1 aliphatic rings. The summed E-state index contributed by atoms with van der Waals surface area (Å²) in [5.41, 5.74) is 8.57. The van der Waals surface area contributed by atoms with Crippen molar-refractivity contribution >= 4 is 85.5 Å². The lowest BCUT2D eigenvalue weighted by Gasteiger charge is -2.49. The maximum absolute atomic E-state index is 13.3. The Hall–Kier alpha value is -0.330. The lowest BCUT2D eigenvalue weighted by Crippen LogP contribution is -2.66. The van der Waals surface area contributed by atoms with Crippen LogP contribution < -0.4 is 10.6 Å². The van der Waals surface area contributed by atoms with Crippen molar-refractivity contribution < 1.29 is 45.0 Å². The Labute approximate surface area is 260 Å². The van der Waals surface area contributed by atoms with Gasteiger partial charge in [0, 0.05) is 49.3 Å². The maximum Gasteiger partial charge on any atom is 0.225 e. The number of alkyl halides is 3. The van der Waals surface area contributed by atoms with Crippen LogP contribution in [0.25, 0.3) is 10.4 Å². The highest BCUT2D eigenvalue weighted by Gasteiger charge is 2.55. The number of azide groups is 1. The molecular weight excluding hydrogens is 849 g/mol. The van der Waals surface area contributed by atoms with E-state index in [1.54, 1.807) is 0 Å². The fourth-order valence-corrected chi connectivity index (χ4v) is 11.1. The molecule has 218 valence electrons. The van der Waals surface area contributed by atoms with Crippen LogP contribution in [0.4, 0.5) is 0 Å². The van der Waals surface area contributed by atoms with Crippen molar-refractivity contribution in [3.63, 3.8) is 0 Å². The molecule has 7 atom stereocenters. The van der Waals surface area contributed by atoms with Crippen LogP contribution in [-0.2, 0) is 14.4 Å². The lowest BCUT2D eigenvalue weighted by molar-refractivity contribution is -0.140. The molecule has 8 N–H and O–H groups in total. The zero-order valence-electron chi connectivity index (χ0n) is 20.2. The summed E-state index contributed by atoms with van der Waals surface area (Å²) in [6.07, 6.45) is -3.93. The monoisotopic (exact) mass is 882 g/mol. The molecule has 38 heavy (non-hydrogen) atoms. The van der Waals surface area contributed by atoms with E-state index in [0.29, 0.717) is 0 Å². The summed E-state index contributed by atoms with van der Waals surface area (Å²) < 4.78 is -1.83. The molecule has 0 aromatic carbocycles. The molecule has 7 unspecified atom stereocenters. The molecule has 1 fully saturated rings. The maximum atomic E-state index is 13.3. The van der Waals surface area contributed by atoms with E-state index in [4.69, 9.17) is 15.7 Å². The molecule has 0 radical (unpaired) electrons. The topological polar surface area (TPSA) is 249 Å². The van der Waals surface area contributed by atoms with Gasteiger partial charge in [0.25, 0.3) is 0 Å². The first-order valence-corrected chi connectivity index (χ1v) is 15.3. The van der Waals surface area contributed by atoms with Gasteiger partial charge in [0.1, 0.15) is 0 Å². The van der Waals surface area contributed by atoms with Crippen LogP contribution >= 0.6 is 67.8 Å². The molecule has 0 spiro atoms. The summed E-state index contributed by atoms with van der Waals surface area (Å²) in [5, 5.41) is 65.7. The van der Waals surface area contributed by atoms with Crippen LogP contribution in [0.2, 0.25) is 0 Å². The normalized spacial score (nSPS) is 27.4. The molecule has 1 saturated carbocycles. The summed E-state index contributed by atoms with van der Waals surface area (Å²) in [7, 11) is 0. The highest BCUT2D eigenvalue weighted by atomic mass is 127. The predicted molar refractivity (Wildman–Crippen MR) is 160 cm³/mol. The number of carbonyl (C=O) groups is 3. The number of hydrogen-bond donors (Lipinski definition) is 8. The molecule has 0 aliphatic heterocycles. The first kappa shape index (κ1) is 35.7. The van der Waals surface area contributed by atoms with Crippen LogP contribution in [0.3, 0.4) is 0 Å². The van der Waals surface area contributed by atoms with Crippen LogP contribution in [0.1, 0.15) is 6.42 Å². The van der Waals surface area contributed by atoms with Crippen molar-refractivity contribution in [2.75, 3.05) is 46.0 Å². The SMILES string of the molecule is [N-]=[N+]=NCCC(=O)N(CC(O)CO)C1C(I)C(C(=O)NCC(O)CO)C(I)C(C(=O)NCC(O)CO)C1I. The molecule has 15 nitrogen and oxygen atoms in total. The van der Waals surface area contributed by atoms with Gasteiger partial charge < -0.3 is 46.2 Å². The van der Waals surface area contributed by atoms with E-state index in [2.05, 4.69) is 20.7 Å². The summed E-state index contributed by atoms with van der Waals surface area (Å²) in [5.74, 6) is -3.33. The predicted octanol–water partition coefficient (Wildman–Crippen LogP) is -2.17. The minimum Gasteiger partial charge on any atom is -0.394 e. The van der Waals surface area contributed by atoms with Gasteiger partial charge in [-0.3, -0.25) is 14.4 Å². The highest BCUT2D eigenvalue weighted by Crippen LogP contribution is 2.45. The fraction of sp³-hybridized carbons (Fsp3) is 0.850. The van der Waals surface area contributed by atoms with Gasteiger partial charge in [-0.2, -0.15) is 0 Å². The summed E-state index contributed by atoms with van der Waals surface area (Å²) in [4.78, 5) is 43.7. The van der Waals surface area contributed by atoms with Crippen LogP contribution in [-0.4, -0.2) is 135 Å². The molecule has 0 aromatic heterocycles. The molecule has 3 amide bonds. The first-order valence-electron chi connectivity index (χ1n) is 11.6. The molecule has 0 saturated heterocycles. The molecule has 18 heteroatoms. The molecule has 0 heterocycles. The first-order chi connectivity index (χ1) is 17.9. The number of nitrogens with zero attached hydrogens (tertiary/aromatic N) is 4. The molecule has 1 aliphatic carbocycles. The summed E-state index contributed by atoms with van der Waals surface area (Å²) in [6.45, 7) is -2.75. The number of rotatable bonds is 15. The Kier molecular flexibility index (Phi) is 17.1. The number of halogens is 3. The Morgan fingerprint density at radius 2 is 1.29 bits per heavy atom. The smallest absolute Gasteiger partial charge is 0.225 e. The number of aliphatic hydroxyl groups excluding tert-OH is 6. The van der Waals surface area contributed by atoms with Gasteiger partial charge >= 0.3 is 0 Å². The van der Waals surface area contributed by atoms with Gasteiger partial charge in [0.05, 0.1) is 56.0 Å². The minimum atomic E-state index is -1.32. The fourth-order valence-electron chi connectivity index (χ4n) is 3.91. The van der Waals surface area contributed by atoms with E-state index in [1.165, 1.54) is 4.90 Å². The second-order valence-corrected chi connectivity index (χ2v) is 12.9. The third-order valence-corrected chi connectivity index (χ3v) is 10.4. The average Bonchev–Trinajstić information content (AvgIpc) is 2.89.